The summed E-state index contributed by atoms with van der Waals surface area (Å²) in [5, 5.41) is 22.2. The van der Waals surface area contributed by atoms with Crippen LogP contribution in [0.3, 0.4) is 0 Å². The topological polar surface area (TPSA) is 102 Å². The lowest BCUT2D eigenvalue weighted by Crippen LogP contribution is -2.54. The van der Waals surface area contributed by atoms with Crippen LogP contribution in [-0.2, 0) is 9.53 Å². The second kappa shape index (κ2) is 8.41. The Morgan fingerprint density at radius 2 is 2.10 bits per heavy atom. The van der Waals surface area contributed by atoms with Gasteiger partial charge in [0.2, 0.25) is 0 Å². The van der Waals surface area contributed by atoms with Crippen molar-refractivity contribution in [1.82, 2.24) is 4.90 Å². The predicted molar refractivity (Wildman–Crippen MR) is 106 cm³/mol. The third-order valence-corrected chi connectivity index (χ3v) is 5.42. The molecule has 1 aromatic rings. The van der Waals surface area contributed by atoms with Crippen molar-refractivity contribution in [2.45, 2.75) is 64.2 Å². The highest BCUT2D eigenvalue weighted by atomic mass is 16.6. The number of carbonyl (C=O) groups is 1. The van der Waals surface area contributed by atoms with Crippen molar-refractivity contribution in [3.8, 4) is 5.75 Å². The standard InChI is InChI=1S/C21H28N2O6/c1-4-5-6-7-10-28-15-12-18(24)22(13-15)19-16-11-14(23(26)27)8-9-17(16)29-21(2,3)20(19)25/h8-9,11-12,19-20,25H,4-7,10,13H2,1-3H3/t19-,20+/m1/s1. The number of hydrogen-bond acceptors (Lipinski definition) is 6. The third kappa shape index (κ3) is 4.37. The van der Waals surface area contributed by atoms with Gasteiger partial charge in [-0.1, -0.05) is 26.2 Å². The Labute approximate surface area is 170 Å². The molecule has 0 aromatic heterocycles. The fourth-order valence-electron chi connectivity index (χ4n) is 3.77. The second-order valence-corrected chi connectivity index (χ2v) is 8.06. The fourth-order valence-corrected chi connectivity index (χ4v) is 3.77. The minimum absolute atomic E-state index is 0.115. The van der Waals surface area contributed by atoms with Gasteiger partial charge in [0.15, 0.2) is 0 Å². The number of nitrogens with zero attached hydrogens (tertiary/aromatic N) is 2. The average Bonchev–Trinajstić information content (AvgIpc) is 3.02. The summed E-state index contributed by atoms with van der Waals surface area (Å²) < 4.78 is 11.6. The number of fused-ring (bicyclic) bond motifs is 1. The van der Waals surface area contributed by atoms with E-state index in [2.05, 4.69) is 6.92 Å². The SMILES string of the molecule is CCCCCCOC1=CC(=O)N([C@@H]2c3cc([N+](=O)[O-])ccc3OC(C)(C)[C@H]2O)C1. The van der Waals surface area contributed by atoms with Gasteiger partial charge in [0, 0.05) is 23.8 Å². The number of nitro groups is 1. The molecular weight excluding hydrogens is 376 g/mol. The molecule has 1 amide bonds. The van der Waals surface area contributed by atoms with Gasteiger partial charge in [0.05, 0.1) is 24.1 Å². The number of benzene rings is 1. The minimum Gasteiger partial charge on any atom is -0.496 e. The first-order chi connectivity index (χ1) is 13.7. The summed E-state index contributed by atoms with van der Waals surface area (Å²) in [7, 11) is 0. The molecule has 29 heavy (non-hydrogen) atoms. The molecule has 1 N–H and O–H groups in total. The molecule has 0 saturated heterocycles. The van der Waals surface area contributed by atoms with Crippen molar-refractivity contribution >= 4 is 11.6 Å². The molecule has 158 valence electrons. The highest BCUT2D eigenvalue weighted by molar-refractivity contribution is 5.91. The summed E-state index contributed by atoms with van der Waals surface area (Å²) in [6, 6.07) is 3.49. The van der Waals surface area contributed by atoms with Gasteiger partial charge >= 0.3 is 0 Å². The highest BCUT2D eigenvalue weighted by Gasteiger charge is 2.48. The van der Waals surface area contributed by atoms with Crippen molar-refractivity contribution in [1.29, 1.82) is 0 Å². The van der Waals surface area contributed by atoms with Crippen LogP contribution in [-0.4, -0.2) is 45.7 Å². The van der Waals surface area contributed by atoms with E-state index in [4.69, 9.17) is 9.47 Å². The Hall–Kier alpha value is -2.61. The van der Waals surface area contributed by atoms with Gasteiger partial charge in [0.25, 0.3) is 11.6 Å². The second-order valence-electron chi connectivity index (χ2n) is 8.06. The quantitative estimate of drug-likeness (QED) is 0.404. The number of non-ortho nitro benzene ring substituents is 1. The molecule has 0 aliphatic carbocycles. The van der Waals surface area contributed by atoms with Gasteiger partial charge in [-0.05, 0) is 26.3 Å². The molecule has 0 radical (unpaired) electrons. The van der Waals surface area contributed by atoms with E-state index < -0.39 is 22.7 Å². The highest BCUT2D eigenvalue weighted by Crippen LogP contribution is 2.45. The number of unbranched alkanes of at least 4 members (excludes halogenated alkanes) is 3. The maximum absolute atomic E-state index is 12.7. The van der Waals surface area contributed by atoms with Gasteiger partial charge in [-0.2, -0.15) is 0 Å². The van der Waals surface area contributed by atoms with Gasteiger partial charge in [0.1, 0.15) is 23.2 Å². The number of ether oxygens (including phenoxy) is 2. The number of aliphatic hydroxyl groups is 1. The van der Waals surface area contributed by atoms with Crippen LogP contribution in [0.2, 0.25) is 0 Å². The van der Waals surface area contributed by atoms with Gasteiger partial charge in [-0.15, -0.1) is 0 Å². The van der Waals surface area contributed by atoms with Crippen LogP contribution in [0, 0.1) is 10.1 Å². The molecule has 8 heteroatoms. The van der Waals surface area contributed by atoms with E-state index in [1.807, 2.05) is 0 Å². The van der Waals surface area contributed by atoms with Crippen LogP contribution in [0.1, 0.15) is 58.1 Å². The van der Waals surface area contributed by atoms with Crippen molar-refractivity contribution in [2.24, 2.45) is 0 Å². The monoisotopic (exact) mass is 404 g/mol. The Balaban J connectivity index is 1.81. The van der Waals surface area contributed by atoms with E-state index in [-0.39, 0.29) is 18.1 Å². The summed E-state index contributed by atoms with van der Waals surface area (Å²) in [6.07, 6.45) is 4.65. The molecule has 0 bridgehead atoms. The fraction of sp³-hybridized carbons (Fsp3) is 0.571. The maximum atomic E-state index is 12.7. The zero-order valence-corrected chi connectivity index (χ0v) is 17.1. The lowest BCUT2D eigenvalue weighted by Gasteiger charge is -2.45. The van der Waals surface area contributed by atoms with E-state index in [1.54, 1.807) is 13.8 Å². The summed E-state index contributed by atoms with van der Waals surface area (Å²) in [4.78, 5) is 24.9. The molecule has 2 heterocycles. The van der Waals surface area contributed by atoms with Crippen LogP contribution in [0.4, 0.5) is 5.69 Å². The molecule has 2 aliphatic rings. The van der Waals surface area contributed by atoms with E-state index >= 15 is 0 Å². The first-order valence-electron chi connectivity index (χ1n) is 10.0. The molecule has 1 aromatic carbocycles. The largest absolute Gasteiger partial charge is 0.496 e. The van der Waals surface area contributed by atoms with Crippen LogP contribution in [0.15, 0.2) is 30.0 Å². The number of rotatable bonds is 8. The van der Waals surface area contributed by atoms with Crippen LogP contribution in [0.5, 0.6) is 5.75 Å². The lowest BCUT2D eigenvalue weighted by molar-refractivity contribution is -0.385. The first kappa shape index (κ1) is 21.1. The summed E-state index contributed by atoms with van der Waals surface area (Å²) in [6.45, 7) is 6.35. The van der Waals surface area contributed by atoms with Crippen molar-refractivity contribution in [3.63, 3.8) is 0 Å². The number of aliphatic hydroxyl groups excluding tert-OH is 1. The average molecular weight is 404 g/mol. The predicted octanol–water partition coefficient (Wildman–Crippen LogP) is 3.49. The molecule has 0 spiro atoms. The summed E-state index contributed by atoms with van der Waals surface area (Å²) in [5.41, 5.74) is -0.647. The lowest BCUT2D eigenvalue weighted by atomic mass is 9.85. The molecule has 2 atom stereocenters. The minimum atomic E-state index is -1.06. The number of nitro benzene ring substituents is 1. The van der Waals surface area contributed by atoms with Crippen LogP contribution >= 0.6 is 0 Å². The molecule has 0 saturated carbocycles. The Kier molecular flexibility index (Phi) is 6.12. The Bertz CT molecular complexity index is 819. The van der Waals surface area contributed by atoms with Crippen LogP contribution < -0.4 is 4.74 Å². The van der Waals surface area contributed by atoms with Gasteiger partial charge < -0.3 is 19.5 Å². The zero-order chi connectivity index (χ0) is 21.2. The van der Waals surface area contributed by atoms with Crippen LogP contribution in [0.25, 0.3) is 0 Å². The summed E-state index contributed by atoms with van der Waals surface area (Å²) >= 11 is 0. The van der Waals surface area contributed by atoms with Gasteiger partial charge in [-0.3, -0.25) is 14.9 Å². The number of amides is 1. The number of carbonyl (C=O) groups excluding carboxylic acids is 1. The Morgan fingerprint density at radius 3 is 2.79 bits per heavy atom. The molecule has 2 aliphatic heterocycles. The molecule has 0 fully saturated rings. The molecular formula is C21H28N2O6. The smallest absolute Gasteiger partial charge is 0.270 e. The van der Waals surface area contributed by atoms with Crippen molar-refractivity contribution in [3.05, 3.63) is 45.7 Å². The first-order valence-corrected chi connectivity index (χ1v) is 10.0. The van der Waals surface area contributed by atoms with Gasteiger partial charge in [-0.25, -0.2) is 0 Å². The van der Waals surface area contributed by atoms with Crippen molar-refractivity contribution in [2.75, 3.05) is 13.2 Å². The maximum Gasteiger partial charge on any atom is 0.270 e. The van der Waals surface area contributed by atoms with E-state index in [0.717, 1.165) is 25.7 Å². The normalized spacial score (nSPS) is 22.7. The zero-order valence-electron chi connectivity index (χ0n) is 17.1. The summed E-state index contributed by atoms with van der Waals surface area (Å²) in [5.74, 6) is 0.695. The molecule has 8 nitrogen and oxygen atoms in total. The third-order valence-electron chi connectivity index (χ3n) is 5.42. The van der Waals surface area contributed by atoms with E-state index in [9.17, 15) is 20.0 Å². The number of hydrogen-bond donors (Lipinski definition) is 1. The Morgan fingerprint density at radius 1 is 1.34 bits per heavy atom. The molecule has 0 unspecified atom stereocenters. The molecule has 3 rings (SSSR count). The van der Waals surface area contributed by atoms with Crippen molar-refractivity contribution < 1.29 is 24.3 Å². The van der Waals surface area contributed by atoms with E-state index in [0.29, 0.717) is 23.7 Å². The van der Waals surface area contributed by atoms with E-state index in [1.165, 1.54) is 29.2 Å².